The molecule has 4 heteroatoms. The fraction of sp³-hybridized carbons (Fsp3) is 0.417. The molecule has 2 nitrogen and oxygen atoms in total. The van der Waals surface area contributed by atoms with Gasteiger partial charge in [-0.1, -0.05) is 12.1 Å². The maximum absolute atomic E-state index is 12.8. The Morgan fingerprint density at radius 1 is 1.19 bits per heavy atom. The molecule has 1 N–H and O–H groups in total. The number of nitriles is 1. The molecule has 2 rings (SSSR count). The molecule has 0 aromatic heterocycles. The number of hydrogen-bond acceptors (Lipinski definition) is 2. The fourth-order valence-electron chi connectivity index (χ4n) is 2.09. The van der Waals surface area contributed by atoms with Gasteiger partial charge in [-0.05, 0) is 43.6 Å². The summed E-state index contributed by atoms with van der Waals surface area (Å²) in [5.41, 5.74) is 0.520. The van der Waals surface area contributed by atoms with E-state index in [9.17, 15) is 9.65 Å². The lowest BCUT2D eigenvalue weighted by molar-refractivity contribution is 0.382. The van der Waals surface area contributed by atoms with Crippen LogP contribution >= 0.6 is 17.0 Å². The molecule has 1 aromatic rings. The number of hydrogen-bond donors (Lipinski definition) is 1. The van der Waals surface area contributed by atoms with Gasteiger partial charge in [0.1, 0.15) is 5.82 Å². The number of piperidine rings is 1. The minimum Gasteiger partial charge on any atom is -0.317 e. The molecule has 16 heavy (non-hydrogen) atoms. The summed E-state index contributed by atoms with van der Waals surface area (Å²) in [4.78, 5) is 0. The molecule has 0 amide bonds. The quantitative estimate of drug-likeness (QED) is 0.860. The third-order valence-electron chi connectivity index (χ3n) is 3.07. The molecule has 0 radical (unpaired) electrons. The van der Waals surface area contributed by atoms with Crippen LogP contribution in [0.15, 0.2) is 24.3 Å². The SMILES string of the molecule is Br.N#CC1(c2ccc(F)cc2)CCNCC1. The molecule has 0 saturated carbocycles. The Bertz CT molecular complexity index is 377. The summed E-state index contributed by atoms with van der Waals surface area (Å²) >= 11 is 0. The van der Waals surface area contributed by atoms with Crippen molar-refractivity contribution in [2.24, 2.45) is 0 Å². The van der Waals surface area contributed by atoms with Crippen LogP contribution in [-0.2, 0) is 5.41 Å². The minimum absolute atomic E-state index is 0. The van der Waals surface area contributed by atoms with Crippen molar-refractivity contribution in [2.45, 2.75) is 18.3 Å². The Morgan fingerprint density at radius 3 is 2.25 bits per heavy atom. The fourth-order valence-corrected chi connectivity index (χ4v) is 2.09. The van der Waals surface area contributed by atoms with Crippen molar-refractivity contribution in [2.75, 3.05) is 13.1 Å². The molecule has 1 aliphatic rings. The molecule has 1 aromatic carbocycles. The zero-order valence-electron chi connectivity index (χ0n) is 8.87. The van der Waals surface area contributed by atoms with Crippen LogP contribution < -0.4 is 5.32 Å². The summed E-state index contributed by atoms with van der Waals surface area (Å²) in [6.07, 6.45) is 1.60. The van der Waals surface area contributed by atoms with Gasteiger partial charge in [-0.15, -0.1) is 17.0 Å². The Morgan fingerprint density at radius 2 is 1.75 bits per heavy atom. The molecule has 86 valence electrons. The predicted molar refractivity (Wildman–Crippen MR) is 66.1 cm³/mol. The first-order valence-corrected chi connectivity index (χ1v) is 5.15. The molecule has 0 spiro atoms. The average Bonchev–Trinajstić information content (AvgIpc) is 2.31. The molecule has 0 bridgehead atoms. The van der Waals surface area contributed by atoms with Crippen LogP contribution in [0.4, 0.5) is 4.39 Å². The zero-order chi connectivity index (χ0) is 10.7. The number of halogens is 2. The Kier molecular flexibility index (Phi) is 4.45. The van der Waals surface area contributed by atoms with Gasteiger partial charge < -0.3 is 5.32 Å². The summed E-state index contributed by atoms with van der Waals surface area (Å²) in [5.74, 6) is -0.249. The highest BCUT2D eigenvalue weighted by Gasteiger charge is 2.33. The number of benzene rings is 1. The van der Waals surface area contributed by atoms with E-state index in [2.05, 4.69) is 11.4 Å². The van der Waals surface area contributed by atoms with Gasteiger partial charge in [0, 0.05) is 0 Å². The first kappa shape index (κ1) is 13.1. The second-order valence-electron chi connectivity index (χ2n) is 3.95. The monoisotopic (exact) mass is 284 g/mol. The van der Waals surface area contributed by atoms with Crippen molar-refractivity contribution < 1.29 is 4.39 Å². The number of nitrogens with zero attached hydrogens (tertiary/aromatic N) is 1. The third-order valence-corrected chi connectivity index (χ3v) is 3.07. The van der Waals surface area contributed by atoms with Gasteiger partial charge in [0.15, 0.2) is 0 Å². The van der Waals surface area contributed by atoms with E-state index in [-0.39, 0.29) is 22.8 Å². The van der Waals surface area contributed by atoms with Crippen molar-refractivity contribution in [3.8, 4) is 6.07 Å². The minimum atomic E-state index is -0.418. The highest BCUT2D eigenvalue weighted by molar-refractivity contribution is 8.93. The van der Waals surface area contributed by atoms with Crippen molar-refractivity contribution in [1.29, 1.82) is 5.26 Å². The Labute approximate surface area is 105 Å². The number of nitrogens with one attached hydrogen (secondary N) is 1. The van der Waals surface area contributed by atoms with Gasteiger partial charge >= 0.3 is 0 Å². The van der Waals surface area contributed by atoms with Gasteiger partial charge in [0.2, 0.25) is 0 Å². The molecular formula is C12H14BrFN2. The van der Waals surface area contributed by atoms with Gasteiger partial charge in [-0.3, -0.25) is 0 Å². The molecule has 1 saturated heterocycles. The third kappa shape index (κ3) is 2.42. The summed E-state index contributed by atoms with van der Waals surface area (Å²) < 4.78 is 12.8. The van der Waals surface area contributed by atoms with E-state index < -0.39 is 5.41 Å². The van der Waals surface area contributed by atoms with Crippen LogP contribution in [0.25, 0.3) is 0 Å². The molecule has 0 aliphatic carbocycles. The molecule has 1 aliphatic heterocycles. The first-order chi connectivity index (χ1) is 7.27. The highest BCUT2D eigenvalue weighted by Crippen LogP contribution is 2.32. The molecule has 0 unspecified atom stereocenters. The second-order valence-corrected chi connectivity index (χ2v) is 3.95. The summed E-state index contributed by atoms with van der Waals surface area (Å²) in [7, 11) is 0. The van der Waals surface area contributed by atoms with Gasteiger partial charge in [-0.25, -0.2) is 4.39 Å². The Hall–Kier alpha value is -0.920. The second kappa shape index (κ2) is 5.42. The van der Waals surface area contributed by atoms with Crippen molar-refractivity contribution >= 4 is 17.0 Å². The summed E-state index contributed by atoms with van der Waals surface area (Å²) in [6.45, 7) is 1.70. The lowest BCUT2D eigenvalue weighted by Crippen LogP contribution is -2.38. The first-order valence-electron chi connectivity index (χ1n) is 5.15. The van der Waals surface area contributed by atoms with Crippen LogP contribution in [-0.4, -0.2) is 13.1 Å². The van der Waals surface area contributed by atoms with E-state index in [4.69, 9.17) is 0 Å². The molecule has 1 heterocycles. The lowest BCUT2D eigenvalue weighted by atomic mass is 9.74. The van der Waals surface area contributed by atoms with Crippen LogP contribution in [0.3, 0.4) is 0 Å². The lowest BCUT2D eigenvalue weighted by Gasteiger charge is -2.31. The Balaban J connectivity index is 0.00000128. The molecule has 0 atom stereocenters. The maximum Gasteiger partial charge on any atom is 0.123 e. The summed E-state index contributed by atoms with van der Waals surface area (Å²) in [5, 5.41) is 12.5. The normalized spacial score (nSPS) is 18.2. The number of rotatable bonds is 1. The van der Waals surface area contributed by atoms with Gasteiger partial charge in [0.05, 0.1) is 11.5 Å². The zero-order valence-corrected chi connectivity index (χ0v) is 10.6. The van der Waals surface area contributed by atoms with Crippen molar-refractivity contribution in [1.82, 2.24) is 5.32 Å². The van der Waals surface area contributed by atoms with E-state index in [0.29, 0.717) is 0 Å². The van der Waals surface area contributed by atoms with Gasteiger partial charge in [0.25, 0.3) is 0 Å². The standard InChI is InChI=1S/C12H13FN2.BrH/c13-11-3-1-10(2-4-11)12(9-14)5-7-15-8-6-12;/h1-4,15H,5-8H2;1H. The van der Waals surface area contributed by atoms with E-state index in [1.54, 1.807) is 12.1 Å². The van der Waals surface area contributed by atoms with E-state index in [0.717, 1.165) is 31.5 Å². The largest absolute Gasteiger partial charge is 0.317 e. The molecular weight excluding hydrogens is 271 g/mol. The smallest absolute Gasteiger partial charge is 0.123 e. The van der Waals surface area contributed by atoms with Crippen molar-refractivity contribution in [3.63, 3.8) is 0 Å². The summed E-state index contributed by atoms with van der Waals surface area (Å²) in [6, 6.07) is 8.70. The van der Waals surface area contributed by atoms with Crippen molar-refractivity contribution in [3.05, 3.63) is 35.6 Å². The van der Waals surface area contributed by atoms with E-state index >= 15 is 0 Å². The highest BCUT2D eigenvalue weighted by atomic mass is 79.9. The van der Waals surface area contributed by atoms with Crippen LogP contribution in [0.2, 0.25) is 0 Å². The van der Waals surface area contributed by atoms with Crippen LogP contribution in [0.1, 0.15) is 18.4 Å². The maximum atomic E-state index is 12.8. The predicted octanol–water partition coefficient (Wildman–Crippen LogP) is 2.55. The van der Waals surface area contributed by atoms with Gasteiger partial charge in [-0.2, -0.15) is 5.26 Å². The average molecular weight is 285 g/mol. The topological polar surface area (TPSA) is 35.8 Å². The molecule has 1 fully saturated rings. The van der Waals surface area contributed by atoms with E-state index in [1.165, 1.54) is 12.1 Å². The van der Waals surface area contributed by atoms with Crippen LogP contribution in [0, 0.1) is 17.1 Å². The van der Waals surface area contributed by atoms with Crippen LogP contribution in [0.5, 0.6) is 0 Å². The van der Waals surface area contributed by atoms with E-state index in [1.807, 2.05) is 0 Å².